The van der Waals surface area contributed by atoms with E-state index in [-0.39, 0.29) is 18.1 Å². The highest BCUT2D eigenvalue weighted by atomic mass is 16.5. The van der Waals surface area contributed by atoms with E-state index < -0.39 is 0 Å². The largest absolute Gasteiger partial charge is 0.369 e. The first kappa shape index (κ1) is 14.4. The first-order valence-corrected chi connectivity index (χ1v) is 7.76. The van der Waals surface area contributed by atoms with Crippen molar-refractivity contribution in [3.05, 3.63) is 29.8 Å². The molecule has 2 atom stereocenters. The van der Waals surface area contributed by atoms with Gasteiger partial charge in [-0.2, -0.15) is 0 Å². The maximum Gasteiger partial charge on any atom is 0.263 e. The third-order valence-electron chi connectivity index (χ3n) is 4.42. The van der Waals surface area contributed by atoms with Crippen LogP contribution in [0.2, 0.25) is 0 Å². The molecule has 1 amide bonds. The number of hydrazine groups is 1. The van der Waals surface area contributed by atoms with Gasteiger partial charge in [0.15, 0.2) is 0 Å². The van der Waals surface area contributed by atoms with Crippen molar-refractivity contribution in [3.8, 4) is 0 Å². The number of carbonyl (C=O) groups is 1. The lowest BCUT2D eigenvalue weighted by Crippen LogP contribution is -2.40. The summed E-state index contributed by atoms with van der Waals surface area (Å²) in [4.78, 5) is 13.9. The van der Waals surface area contributed by atoms with Gasteiger partial charge in [0.05, 0.1) is 6.10 Å². The average molecular weight is 289 g/mol. The van der Waals surface area contributed by atoms with Crippen LogP contribution in [-0.2, 0) is 16.0 Å². The number of nitrogens with zero attached hydrogens (tertiary/aromatic N) is 1. The number of para-hydroxylation sites is 1. The summed E-state index contributed by atoms with van der Waals surface area (Å²) in [7, 11) is 0. The topological polar surface area (TPSA) is 67.6 Å². The number of hydrogen-bond acceptors (Lipinski definition) is 4. The van der Waals surface area contributed by atoms with E-state index in [9.17, 15) is 4.79 Å². The van der Waals surface area contributed by atoms with Crippen molar-refractivity contribution in [3.63, 3.8) is 0 Å². The average Bonchev–Trinajstić information content (AvgIpc) is 2.89. The number of hydrogen-bond donors (Lipinski definition) is 2. The van der Waals surface area contributed by atoms with Crippen LogP contribution < -0.4 is 16.2 Å². The molecule has 2 aliphatic heterocycles. The highest BCUT2D eigenvalue weighted by Gasteiger charge is 2.31. The molecule has 1 saturated heterocycles. The van der Waals surface area contributed by atoms with Gasteiger partial charge in [-0.15, -0.1) is 0 Å². The fraction of sp³-hybridized carbons (Fsp3) is 0.562. The van der Waals surface area contributed by atoms with Gasteiger partial charge in [-0.05, 0) is 43.7 Å². The number of anilines is 1. The maximum absolute atomic E-state index is 11.5. The van der Waals surface area contributed by atoms with Gasteiger partial charge in [0.2, 0.25) is 0 Å². The van der Waals surface area contributed by atoms with E-state index in [0.717, 1.165) is 32.4 Å². The van der Waals surface area contributed by atoms with Crippen molar-refractivity contribution < 1.29 is 9.53 Å². The second-order valence-corrected chi connectivity index (χ2v) is 5.86. The second kappa shape index (κ2) is 6.45. The summed E-state index contributed by atoms with van der Waals surface area (Å²) in [5.74, 6) is 4.96. The molecule has 0 spiro atoms. The molecule has 1 aromatic rings. The molecule has 3 N–H and O–H groups in total. The zero-order chi connectivity index (χ0) is 14.7. The molecule has 2 unspecified atom stereocenters. The number of nitrogens with one attached hydrogen (secondary N) is 1. The Morgan fingerprint density at radius 2 is 2.19 bits per heavy atom. The number of nitrogens with two attached hydrogens (primary N) is 1. The minimum atomic E-state index is -0.387. The van der Waals surface area contributed by atoms with Crippen LogP contribution in [0.5, 0.6) is 0 Å². The Bertz CT molecular complexity index is 506. The van der Waals surface area contributed by atoms with Gasteiger partial charge in [0.1, 0.15) is 6.10 Å². The third kappa shape index (κ3) is 3.19. The molecule has 5 heteroatoms. The predicted octanol–water partition coefficient (Wildman–Crippen LogP) is 1.37. The van der Waals surface area contributed by atoms with Crippen molar-refractivity contribution in [2.24, 2.45) is 5.84 Å². The smallest absolute Gasteiger partial charge is 0.263 e. The Kier molecular flexibility index (Phi) is 4.41. The molecule has 0 saturated carbocycles. The summed E-state index contributed by atoms with van der Waals surface area (Å²) in [6.45, 7) is 1.91. The van der Waals surface area contributed by atoms with E-state index in [1.807, 2.05) is 0 Å². The molecular weight excluding hydrogens is 266 g/mol. The molecule has 0 aliphatic carbocycles. The molecule has 114 valence electrons. The summed E-state index contributed by atoms with van der Waals surface area (Å²) >= 11 is 0. The summed E-state index contributed by atoms with van der Waals surface area (Å²) < 4.78 is 5.84. The minimum absolute atomic E-state index is 0.110. The fourth-order valence-corrected chi connectivity index (χ4v) is 3.33. The number of aryl methyl sites for hydroxylation is 1. The first-order chi connectivity index (χ1) is 10.3. The highest BCUT2D eigenvalue weighted by Crippen LogP contribution is 2.28. The maximum atomic E-state index is 11.5. The zero-order valence-corrected chi connectivity index (χ0v) is 12.3. The molecule has 0 radical (unpaired) electrons. The van der Waals surface area contributed by atoms with Crippen molar-refractivity contribution in [2.75, 3.05) is 18.0 Å². The normalized spacial score (nSPS) is 25.3. The number of amides is 1. The van der Waals surface area contributed by atoms with Gasteiger partial charge in [0.25, 0.3) is 5.91 Å². The Hall–Kier alpha value is -1.59. The summed E-state index contributed by atoms with van der Waals surface area (Å²) in [6, 6.07) is 8.61. The van der Waals surface area contributed by atoms with Gasteiger partial charge in [-0.3, -0.25) is 10.2 Å². The number of fused-ring (bicyclic) bond motifs is 1. The van der Waals surface area contributed by atoms with Crippen LogP contribution in [-0.4, -0.2) is 31.2 Å². The van der Waals surface area contributed by atoms with Crippen LogP contribution in [0, 0.1) is 0 Å². The Morgan fingerprint density at radius 1 is 1.33 bits per heavy atom. The summed E-state index contributed by atoms with van der Waals surface area (Å²) in [5.41, 5.74) is 4.92. The lowest BCUT2D eigenvalue weighted by atomic mass is 10.1. The van der Waals surface area contributed by atoms with Gasteiger partial charge in [-0.1, -0.05) is 18.2 Å². The predicted molar refractivity (Wildman–Crippen MR) is 81.8 cm³/mol. The molecule has 2 heterocycles. The fourth-order valence-electron chi connectivity index (χ4n) is 3.33. The van der Waals surface area contributed by atoms with Crippen LogP contribution in [0.1, 0.15) is 31.2 Å². The van der Waals surface area contributed by atoms with Crippen LogP contribution >= 0.6 is 0 Å². The van der Waals surface area contributed by atoms with Gasteiger partial charge in [0, 0.05) is 18.8 Å². The molecule has 1 fully saturated rings. The summed E-state index contributed by atoms with van der Waals surface area (Å²) in [5, 5.41) is 0. The molecule has 1 aromatic carbocycles. The second-order valence-electron chi connectivity index (χ2n) is 5.86. The van der Waals surface area contributed by atoms with E-state index in [0.29, 0.717) is 0 Å². The Morgan fingerprint density at radius 3 is 3.05 bits per heavy atom. The molecule has 2 aliphatic rings. The zero-order valence-electron chi connectivity index (χ0n) is 12.3. The van der Waals surface area contributed by atoms with Crippen molar-refractivity contribution in [2.45, 2.75) is 44.3 Å². The summed E-state index contributed by atoms with van der Waals surface area (Å²) in [6.07, 6.45) is 4.97. The van der Waals surface area contributed by atoms with E-state index in [1.54, 1.807) is 0 Å². The first-order valence-electron chi connectivity index (χ1n) is 7.76. The van der Waals surface area contributed by atoms with Gasteiger partial charge < -0.3 is 9.64 Å². The van der Waals surface area contributed by atoms with Crippen LogP contribution in [0.4, 0.5) is 5.69 Å². The monoisotopic (exact) mass is 289 g/mol. The molecule has 5 nitrogen and oxygen atoms in total. The lowest BCUT2D eigenvalue weighted by Gasteiger charge is -2.27. The van der Waals surface area contributed by atoms with Gasteiger partial charge in [-0.25, -0.2) is 5.84 Å². The Labute approximate surface area is 125 Å². The quantitative estimate of drug-likeness (QED) is 0.501. The number of rotatable bonds is 3. The van der Waals surface area contributed by atoms with Crippen LogP contribution in [0.25, 0.3) is 0 Å². The van der Waals surface area contributed by atoms with E-state index in [1.165, 1.54) is 24.1 Å². The van der Waals surface area contributed by atoms with Crippen LogP contribution in [0.15, 0.2) is 24.3 Å². The lowest BCUT2D eigenvalue weighted by molar-refractivity contribution is -0.131. The third-order valence-corrected chi connectivity index (χ3v) is 4.42. The number of ether oxygens (including phenoxy) is 1. The SMILES string of the molecule is NNC(=O)C1CCC(CN2CCCCc3ccccc32)O1. The van der Waals surface area contributed by atoms with E-state index in [2.05, 4.69) is 34.6 Å². The minimum Gasteiger partial charge on any atom is -0.369 e. The number of carbonyl (C=O) groups excluding carboxylic acids is 1. The molecular formula is C16H23N3O2. The Balaban J connectivity index is 1.67. The van der Waals surface area contributed by atoms with Gasteiger partial charge >= 0.3 is 0 Å². The highest BCUT2D eigenvalue weighted by molar-refractivity contribution is 5.80. The molecule has 0 aromatic heterocycles. The van der Waals surface area contributed by atoms with Crippen molar-refractivity contribution >= 4 is 11.6 Å². The van der Waals surface area contributed by atoms with Crippen LogP contribution in [0.3, 0.4) is 0 Å². The van der Waals surface area contributed by atoms with Crippen molar-refractivity contribution in [1.82, 2.24) is 5.43 Å². The van der Waals surface area contributed by atoms with E-state index in [4.69, 9.17) is 10.6 Å². The molecule has 0 bridgehead atoms. The standard InChI is InChI=1S/C16H23N3O2/c17-18-16(20)15-9-8-13(21-15)11-19-10-4-3-6-12-5-1-2-7-14(12)19/h1-2,5,7,13,15H,3-4,6,8-11,17H2,(H,18,20). The molecule has 3 rings (SSSR count). The number of benzene rings is 1. The molecule has 21 heavy (non-hydrogen) atoms. The van der Waals surface area contributed by atoms with Crippen molar-refractivity contribution in [1.29, 1.82) is 0 Å². The van der Waals surface area contributed by atoms with E-state index >= 15 is 0 Å².